The molecule has 1 saturated carbocycles. The highest BCUT2D eigenvalue weighted by Crippen LogP contribution is 2.35. The summed E-state index contributed by atoms with van der Waals surface area (Å²) in [5, 5.41) is 11.9. The van der Waals surface area contributed by atoms with Crippen LogP contribution in [0, 0.1) is 23.7 Å². The molecular formula is C20H26N2O4. The lowest BCUT2D eigenvalue weighted by atomic mass is 9.73. The van der Waals surface area contributed by atoms with Crippen molar-refractivity contribution in [2.45, 2.75) is 33.1 Å². The third-order valence-corrected chi connectivity index (χ3v) is 5.50. The first-order valence-electron chi connectivity index (χ1n) is 9.28. The van der Waals surface area contributed by atoms with E-state index in [4.69, 9.17) is 5.11 Å². The number of nitrogens with zero attached hydrogens (tertiary/aromatic N) is 1. The first kappa shape index (κ1) is 18.4. The van der Waals surface area contributed by atoms with Crippen LogP contribution in [0.5, 0.6) is 0 Å². The summed E-state index contributed by atoms with van der Waals surface area (Å²) in [7, 11) is 0. The molecule has 1 aromatic rings. The lowest BCUT2D eigenvalue weighted by molar-refractivity contribution is -0.151. The van der Waals surface area contributed by atoms with Crippen LogP contribution in [0.2, 0.25) is 0 Å². The molecule has 1 saturated heterocycles. The van der Waals surface area contributed by atoms with Crippen molar-refractivity contribution in [2.75, 3.05) is 18.4 Å². The molecule has 0 spiro atoms. The summed E-state index contributed by atoms with van der Waals surface area (Å²) in [5.41, 5.74) is 0.928. The van der Waals surface area contributed by atoms with Gasteiger partial charge in [-0.2, -0.15) is 0 Å². The Balaban J connectivity index is 1.75. The van der Waals surface area contributed by atoms with E-state index < -0.39 is 17.8 Å². The molecule has 1 aromatic carbocycles. The molecule has 4 atom stereocenters. The molecule has 26 heavy (non-hydrogen) atoms. The van der Waals surface area contributed by atoms with Gasteiger partial charge in [0, 0.05) is 13.1 Å². The van der Waals surface area contributed by atoms with Gasteiger partial charge in [-0.05, 0) is 43.2 Å². The van der Waals surface area contributed by atoms with Crippen molar-refractivity contribution in [3.05, 3.63) is 29.8 Å². The average Bonchev–Trinajstić information content (AvgIpc) is 2.52. The van der Waals surface area contributed by atoms with Gasteiger partial charge in [0.1, 0.15) is 0 Å². The first-order valence-corrected chi connectivity index (χ1v) is 9.28. The lowest BCUT2D eigenvalue weighted by Crippen LogP contribution is -2.43. The van der Waals surface area contributed by atoms with Gasteiger partial charge in [-0.3, -0.25) is 14.4 Å². The maximum Gasteiger partial charge on any atom is 0.307 e. The van der Waals surface area contributed by atoms with Crippen LogP contribution < -0.4 is 5.32 Å². The molecule has 1 aliphatic carbocycles. The Labute approximate surface area is 153 Å². The second-order valence-electron chi connectivity index (χ2n) is 7.82. The van der Waals surface area contributed by atoms with E-state index in [1.165, 1.54) is 0 Å². The predicted octanol–water partition coefficient (Wildman–Crippen LogP) is 2.85. The van der Waals surface area contributed by atoms with Crippen LogP contribution in [0.25, 0.3) is 0 Å². The topological polar surface area (TPSA) is 86.7 Å². The van der Waals surface area contributed by atoms with Crippen LogP contribution >= 0.6 is 0 Å². The lowest BCUT2D eigenvalue weighted by Gasteiger charge is -2.35. The number of benzene rings is 1. The van der Waals surface area contributed by atoms with Gasteiger partial charge in [0.2, 0.25) is 5.91 Å². The molecule has 140 valence electrons. The van der Waals surface area contributed by atoms with Crippen LogP contribution in [-0.2, 0) is 9.59 Å². The Bertz CT molecular complexity index is 708. The quantitative estimate of drug-likeness (QED) is 0.866. The van der Waals surface area contributed by atoms with Gasteiger partial charge in [-0.15, -0.1) is 0 Å². The summed E-state index contributed by atoms with van der Waals surface area (Å²) in [6.07, 6.45) is 2.21. The van der Waals surface area contributed by atoms with Gasteiger partial charge in [0.05, 0.1) is 23.1 Å². The van der Waals surface area contributed by atoms with Crippen molar-refractivity contribution in [3.63, 3.8) is 0 Å². The van der Waals surface area contributed by atoms with Crippen LogP contribution in [0.3, 0.4) is 0 Å². The zero-order valence-corrected chi connectivity index (χ0v) is 15.3. The number of rotatable bonds is 4. The van der Waals surface area contributed by atoms with Gasteiger partial charge in [-0.25, -0.2) is 0 Å². The molecule has 0 aromatic heterocycles. The highest BCUT2D eigenvalue weighted by atomic mass is 16.4. The van der Waals surface area contributed by atoms with Gasteiger partial charge >= 0.3 is 5.97 Å². The van der Waals surface area contributed by atoms with Gasteiger partial charge in [0.15, 0.2) is 0 Å². The number of nitrogens with one attached hydrogen (secondary N) is 1. The molecule has 6 heteroatoms. The van der Waals surface area contributed by atoms with Crippen molar-refractivity contribution in [1.82, 2.24) is 4.90 Å². The number of carboxylic acids is 1. The number of hydrogen-bond donors (Lipinski definition) is 2. The second kappa shape index (κ2) is 7.48. The van der Waals surface area contributed by atoms with E-state index >= 15 is 0 Å². The fourth-order valence-corrected chi connectivity index (χ4v) is 4.11. The number of aliphatic carboxylic acids is 1. The second-order valence-corrected chi connectivity index (χ2v) is 7.82. The third kappa shape index (κ3) is 3.74. The summed E-state index contributed by atoms with van der Waals surface area (Å²) in [4.78, 5) is 38.5. The highest BCUT2D eigenvalue weighted by molar-refractivity contribution is 6.05. The highest BCUT2D eigenvalue weighted by Gasteiger charge is 2.41. The van der Waals surface area contributed by atoms with Crippen LogP contribution in [0.4, 0.5) is 5.69 Å². The van der Waals surface area contributed by atoms with Gasteiger partial charge < -0.3 is 15.3 Å². The molecule has 4 unspecified atom stereocenters. The van der Waals surface area contributed by atoms with Crippen LogP contribution in [-0.4, -0.2) is 40.9 Å². The zero-order valence-electron chi connectivity index (χ0n) is 15.3. The molecule has 3 rings (SSSR count). The molecule has 1 heterocycles. The standard InChI is InChI=1S/C20H26N2O4/c1-12-9-13(2)11-22(10-12)19(24)16-5-3-4-6-17(16)21-18(23)14-7-8-15(14)20(25)26/h3-6,12-15H,7-11H2,1-2H3,(H,21,23)(H,25,26). The number of likely N-dealkylation sites (tertiary alicyclic amines) is 1. The van der Waals surface area contributed by atoms with Crippen molar-refractivity contribution >= 4 is 23.5 Å². The summed E-state index contributed by atoms with van der Waals surface area (Å²) in [6.45, 7) is 5.73. The number of anilines is 1. The summed E-state index contributed by atoms with van der Waals surface area (Å²) >= 11 is 0. The molecular weight excluding hydrogens is 332 g/mol. The summed E-state index contributed by atoms with van der Waals surface area (Å²) in [6, 6.07) is 6.97. The van der Waals surface area contributed by atoms with Gasteiger partial charge in [0.25, 0.3) is 5.91 Å². The SMILES string of the molecule is CC1CC(C)CN(C(=O)c2ccccc2NC(=O)C2CCC2C(=O)O)C1. The predicted molar refractivity (Wildman–Crippen MR) is 97.8 cm³/mol. The Morgan fingerprint density at radius 3 is 2.23 bits per heavy atom. The molecule has 2 amide bonds. The van der Waals surface area contributed by atoms with E-state index in [1.807, 2.05) is 4.90 Å². The number of piperidine rings is 1. The van der Waals surface area contributed by atoms with E-state index in [1.54, 1.807) is 24.3 Å². The Morgan fingerprint density at radius 1 is 1.04 bits per heavy atom. The fraction of sp³-hybridized carbons (Fsp3) is 0.550. The van der Waals surface area contributed by atoms with Crippen molar-refractivity contribution < 1.29 is 19.5 Å². The van der Waals surface area contributed by atoms with Crippen LogP contribution in [0.1, 0.15) is 43.5 Å². The molecule has 0 radical (unpaired) electrons. The van der Waals surface area contributed by atoms with E-state index in [2.05, 4.69) is 19.2 Å². The average molecular weight is 358 g/mol. The maximum atomic E-state index is 13.0. The Kier molecular flexibility index (Phi) is 5.30. The smallest absolute Gasteiger partial charge is 0.307 e. The number of carboxylic acid groups (broad SMARTS) is 1. The number of carbonyl (C=O) groups is 3. The Morgan fingerprint density at radius 2 is 1.65 bits per heavy atom. The number of amides is 2. The normalized spacial score (nSPS) is 28.2. The zero-order chi connectivity index (χ0) is 18.8. The molecule has 6 nitrogen and oxygen atoms in total. The molecule has 2 fully saturated rings. The summed E-state index contributed by atoms with van der Waals surface area (Å²) < 4.78 is 0. The van der Waals surface area contributed by atoms with E-state index in [0.717, 1.165) is 19.5 Å². The minimum Gasteiger partial charge on any atom is -0.481 e. The molecule has 0 bridgehead atoms. The molecule has 2 N–H and O–H groups in total. The van der Waals surface area contributed by atoms with Crippen LogP contribution in [0.15, 0.2) is 24.3 Å². The molecule has 1 aliphatic heterocycles. The van der Waals surface area contributed by atoms with E-state index in [-0.39, 0.29) is 11.8 Å². The largest absolute Gasteiger partial charge is 0.481 e. The minimum atomic E-state index is -0.933. The third-order valence-electron chi connectivity index (χ3n) is 5.50. The maximum absolute atomic E-state index is 13.0. The number of carbonyl (C=O) groups excluding carboxylic acids is 2. The molecule has 2 aliphatic rings. The van der Waals surface area contributed by atoms with Gasteiger partial charge in [-0.1, -0.05) is 26.0 Å². The van der Waals surface area contributed by atoms with E-state index in [9.17, 15) is 14.4 Å². The van der Waals surface area contributed by atoms with Crippen molar-refractivity contribution in [3.8, 4) is 0 Å². The minimum absolute atomic E-state index is 0.0808. The first-order chi connectivity index (χ1) is 12.4. The number of hydrogen-bond acceptors (Lipinski definition) is 3. The summed E-state index contributed by atoms with van der Waals surface area (Å²) in [5.74, 6) is -1.57. The number of para-hydroxylation sites is 1. The van der Waals surface area contributed by atoms with Crippen molar-refractivity contribution in [1.29, 1.82) is 0 Å². The Hall–Kier alpha value is -2.37. The van der Waals surface area contributed by atoms with E-state index in [0.29, 0.717) is 35.9 Å². The monoisotopic (exact) mass is 358 g/mol. The van der Waals surface area contributed by atoms with Crippen molar-refractivity contribution in [2.24, 2.45) is 23.7 Å². The fourth-order valence-electron chi connectivity index (χ4n) is 4.11.